The van der Waals surface area contributed by atoms with Gasteiger partial charge in [0, 0.05) is 0 Å². The number of rotatable bonds is 15. The molecule has 32 heavy (non-hydrogen) atoms. The largest absolute Gasteiger partial charge is 0.480 e. The Bertz CT molecular complexity index is 629. The van der Waals surface area contributed by atoms with Gasteiger partial charge in [0.25, 0.3) is 0 Å². The van der Waals surface area contributed by atoms with E-state index in [0.29, 0.717) is 12.2 Å². The molecule has 0 aliphatic rings. The summed E-state index contributed by atoms with van der Waals surface area (Å²) in [6.07, 6.45) is 3.20. The summed E-state index contributed by atoms with van der Waals surface area (Å²) in [5, 5.41) is 17.4. The van der Waals surface area contributed by atoms with Gasteiger partial charge in [-0.1, -0.05) is 48.0 Å². The molecule has 3 amide bonds. The molecule has 0 rings (SSSR count). The Kier molecular flexibility index (Phi) is 14.2. The maximum absolute atomic E-state index is 13.0. The first kappa shape index (κ1) is 30.2. The van der Waals surface area contributed by atoms with E-state index in [1.807, 2.05) is 34.0 Å². The predicted molar refractivity (Wildman–Crippen MR) is 128 cm³/mol. The number of hydrogen-bond acceptors (Lipinski definition) is 6. The molecule has 0 saturated carbocycles. The number of carbonyl (C=O) groups excluding carboxylic acids is 3. The van der Waals surface area contributed by atoms with Gasteiger partial charge >= 0.3 is 5.97 Å². The standard InChI is InChI=1S/C22H42N4O5S/c1-8-14(6)17(23)20(28)26-18(13(4)5)21(29)25-16(11-12(2)3)19(27)24-15(22(30)31)9-10-32-7/h12-18H,8-11,23H2,1-7H3,(H,24,27)(H,25,29)(H,26,28)(H,30,31). The van der Waals surface area contributed by atoms with Crippen molar-refractivity contribution >= 4 is 35.5 Å². The van der Waals surface area contributed by atoms with Crippen molar-refractivity contribution in [2.75, 3.05) is 12.0 Å². The monoisotopic (exact) mass is 474 g/mol. The summed E-state index contributed by atoms with van der Waals surface area (Å²) in [4.78, 5) is 49.9. The number of amides is 3. The van der Waals surface area contributed by atoms with Crippen LogP contribution in [-0.2, 0) is 19.2 Å². The van der Waals surface area contributed by atoms with Crippen molar-refractivity contribution < 1.29 is 24.3 Å². The molecule has 0 spiro atoms. The second kappa shape index (κ2) is 15.1. The van der Waals surface area contributed by atoms with Gasteiger partial charge in [0.2, 0.25) is 17.7 Å². The minimum Gasteiger partial charge on any atom is -0.480 e. The van der Waals surface area contributed by atoms with E-state index in [1.54, 1.807) is 13.8 Å². The van der Waals surface area contributed by atoms with Gasteiger partial charge in [-0.3, -0.25) is 14.4 Å². The zero-order chi connectivity index (χ0) is 25.0. The molecule has 0 aromatic heterocycles. The highest BCUT2D eigenvalue weighted by Crippen LogP contribution is 2.11. The SMILES string of the molecule is CCC(C)C(N)C(=O)NC(C(=O)NC(CC(C)C)C(=O)NC(CCSC)C(=O)O)C(C)C. The number of nitrogens with one attached hydrogen (secondary N) is 3. The molecule has 0 aromatic carbocycles. The van der Waals surface area contributed by atoms with Gasteiger partial charge in [-0.25, -0.2) is 4.79 Å². The molecule has 5 atom stereocenters. The van der Waals surface area contributed by atoms with Crippen LogP contribution in [0, 0.1) is 17.8 Å². The van der Waals surface area contributed by atoms with E-state index in [1.165, 1.54) is 11.8 Å². The van der Waals surface area contributed by atoms with E-state index < -0.39 is 47.9 Å². The molecule has 9 nitrogen and oxygen atoms in total. The molecular formula is C22H42N4O5S. The molecule has 186 valence electrons. The van der Waals surface area contributed by atoms with Gasteiger partial charge in [0.15, 0.2) is 0 Å². The molecule has 0 aliphatic heterocycles. The number of aliphatic carboxylic acids is 1. The Morgan fingerprint density at radius 1 is 0.906 bits per heavy atom. The lowest BCUT2D eigenvalue weighted by atomic mass is 9.96. The second-order valence-electron chi connectivity index (χ2n) is 9.01. The van der Waals surface area contributed by atoms with Crippen LogP contribution in [0.2, 0.25) is 0 Å². The summed E-state index contributed by atoms with van der Waals surface area (Å²) >= 11 is 1.49. The minimum atomic E-state index is -1.12. The van der Waals surface area contributed by atoms with E-state index in [4.69, 9.17) is 5.73 Å². The fourth-order valence-electron chi connectivity index (χ4n) is 3.03. The van der Waals surface area contributed by atoms with Gasteiger partial charge in [-0.05, 0) is 42.6 Å². The first-order chi connectivity index (χ1) is 14.8. The highest BCUT2D eigenvalue weighted by Gasteiger charge is 2.32. The van der Waals surface area contributed by atoms with Gasteiger partial charge < -0.3 is 26.8 Å². The van der Waals surface area contributed by atoms with Crippen LogP contribution in [-0.4, -0.2) is 65.0 Å². The first-order valence-electron chi connectivity index (χ1n) is 11.2. The Balaban J connectivity index is 5.42. The highest BCUT2D eigenvalue weighted by molar-refractivity contribution is 7.98. The number of carboxylic acid groups (broad SMARTS) is 1. The molecule has 0 saturated heterocycles. The molecule has 0 heterocycles. The van der Waals surface area contributed by atoms with Crippen LogP contribution in [0.5, 0.6) is 0 Å². The van der Waals surface area contributed by atoms with Crippen molar-refractivity contribution in [3.8, 4) is 0 Å². The van der Waals surface area contributed by atoms with E-state index in [9.17, 15) is 24.3 Å². The molecule has 0 radical (unpaired) electrons. The van der Waals surface area contributed by atoms with Crippen molar-refractivity contribution in [2.45, 2.75) is 85.0 Å². The summed E-state index contributed by atoms with van der Waals surface area (Å²) < 4.78 is 0. The Hall–Kier alpha value is -1.81. The number of carbonyl (C=O) groups is 4. The van der Waals surface area contributed by atoms with Crippen molar-refractivity contribution in [3.63, 3.8) is 0 Å². The average molecular weight is 475 g/mol. The van der Waals surface area contributed by atoms with Gasteiger partial charge in [-0.2, -0.15) is 11.8 Å². The second-order valence-corrected chi connectivity index (χ2v) is 10.00. The number of carboxylic acids is 1. The van der Waals surface area contributed by atoms with E-state index in [0.717, 1.165) is 6.42 Å². The van der Waals surface area contributed by atoms with Crippen molar-refractivity contribution in [1.29, 1.82) is 0 Å². The van der Waals surface area contributed by atoms with Gasteiger partial charge in [0.05, 0.1) is 6.04 Å². The zero-order valence-electron chi connectivity index (χ0n) is 20.4. The molecular weight excluding hydrogens is 432 g/mol. The maximum Gasteiger partial charge on any atom is 0.326 e. The minimum absolute atomic E-state index is 0.0421. The lowest BCUT2D eigenvalue weighted by Crippen LogP contribution is -2.59. The molecule has 0 aliphatic carbocycles. The van der Waals surface area contributed by atoms with Crippen LogP contribution in [0.15, 0.2) is 0 Å². The van der Waals surface area contributed by atoms with Crippen molar-refractivity contribution in [2.24, 2.45) is 23.5 Å². The third-order valence-electron chi connectivity index (χ3n) is 5.37. The first-order valence-corrected chi connectivity index (χ1v) is 12.6. The molecule has 0 fully saturated rings. The van der Waals surface area contributed by atoms with Crippen molar-refractivity contribution in [3.05, 3.63) is 0 Å². The molecule has 5 unspecified atom stereocenters. The number of hydrogen-bond donors (Lipinski definition) is 5. The smallest absolute Gasteiger partial charge is 0.326 e. The van der Waals surface area contributed by atoms with Crippen LogP contribution >= 0.6 is 11.8 Å². The van der Waals surface area contributed by atoms with Crippen LogP contribution in [0.3, 0.4) is 0 Å². The molecule has 0 aromatic rings. The lowest BCUT2D eigenvalue weighted by molar-refractivity contribution is -0.142. The highest BCUT2D eigenvalue weighted by atomic mass is 32.2. The van der Waals surface area contributed by atoms with Gasteiger partial charge in [-0.15, -0.1) is 0 Å². The lowest BCUT2D eigenvalue weighted by Gasteiger charge is -2.28. The third-order valence-corrected chi connectivity index (χ3v) is 6.02. The van der Waals surface area contributed by atoms with Crippen LogP contribution in [0.4, 0.5) is 0 Å². The fourth-order valence-corrected chi connectivity index (χ4v) is 3.50. The summed E-state index contributed by atoms with van der Waals surface area (Å²) in [6, 6.07) is -3.56. The maximum atomic E-state index is 13.0. The van der Waals surface area contributed by atoms with Crippen molar-refractivity contribution in [1.82, 2.24) is 16.0 Å². The third kappa shape index (κ3) is 10.7. The topological polar surface area (TPSA) is 151 Å². The number of nitrogens with two attached hydrogens (primary N) is 1. The Labute approximate surface area is 196 Å². The molecule has 0 bridgehead atoms. The molecule has 6 N–H and O–H groups in total. The normalized spacial score (nSPS) is 16.1. The Morgan fingerprint density at radius 3 is 1.91 bits per heavy atom. The quantitative estimate of drug-likeness (QED) is 0.240. The summed E-state index contributed by atoms with van der Waals surface area (Å²) in [6.45, 7) is 11.2. The van der Waals surface area contributed by atoms with Crippen LogP contribution in [0.1, 0.15) is 60.8 Å². The summed E-state index contributed by atoms with van der Waals surface area (Å²) in [7, 11) is 0. The fraction of sp³-hybridized carbons (Fsp3) is 0.818. The summed E-state index contributed by atoms with van der Waals surface area (Å²) in [5.41, 5.74) is 5.99. The zero-order valence-corrected chi connectivity index (χ0v) is 21.3. The number of thioether (sulfide) groups is 1. The van der Waals surface area contributed by atoms with E-state index in [2.05, 4.69) is 16.0 Å². The molecule has 10 heteroatoms. The van der Waals surface area contributed by atoms with Crippen LogP contribution < -0.4 is 21.7 Å². The average Bonchev–Trinajstić information content (AvgIpc) is 2.71. The van der Waals surface area contributed by atoms with E-state index in [-0.39, 0.29) is 24.2 Å². The Morgan fingerprint density at radius 2 is 1.47 bits per heavy atom. The predicted octanol–water partition coefficient (Wildman–Crippen LogP) is 1.35. The van der Waals surface area contributed by atoms with E-state index >= 15 is 0 Å². The van der Waals surface area contributed by atoms with Gasteiger partial charge in [0.1, 0.15) is 18.1 Å². The van der Waals surface area contributed by atoms with Crippen LogP contribution in [0.25, 0.3) is 0 Å². The summed E-state index contributed by atoms with van der Waals surface area (Å²) in [5.74, 6) is -2.21.